The number of hydrogen-bond donors (Lipinski definition) is 1. The largest absolute Gasteiger partial charge is 0.406 e. The summed E-state index contributed by atoms with van der Waals surface area (Å²) in [6.07, 6.45) is -1.03. The van der Waals surface area contributed by atoms with E-state index in [1.165, 1.54) is 0 Å². The first-order chi connectivity index (χ1) is 12.7. The van der Waals surface area contributed by atoms with Crippen molar-refractivity contribution in [3.05, 3.63) is 18.0 Å². The minimum Gasteiger partial charge on any atom is -0.370 e. The highest BCUT2D eigenvalue weighted by atomic mass is 127. The van der Waals surface area contributed by atoms with Crippen LogP contribution in [0.1, 0.15) is 18.6 Å². The zero-order valence-electron chi connectivity index (χ0n) is 16.1. The number of carbonyl (C=O) groups is 1. The Balaban J connectivity index is 0.00000392. The molecule has 1 atom stereocenters. The highest BCUT2D eigenvalue weighted by Crippen LogP contribution is 2.21. The second kappa shape index (κ2) is 10.8. The number of aromatic nitrogens is 2. The van der Waals surface area contributed by atoms with Gasteiger partial charge in [0.05, 0.1) is 19.3 Å². The van der Waals surface area contributed by atoms with Crippen LogP contribution in [0.4, 0.5) is 13.2 Å². The van der Waals surface area contributed by atoms with Crippen LogP contribution in [0.25, 0.3) is 0 Å². The van der Waals surface area contributed by atoms with Crippen molar-refractivity contribution in [2.24, 2.45) is 12.0 Å². The molecule has 1 fully saturated rings. The Morgan fingerprint density at radius 1 is 1.50 bits per heavy atom. The Morgan fingerprint density at radius 3 is 2.79 bits per heavy atom. The molecule has 2 rings (SSSR count). The fraction of sp³-hybridized carbons (Fsp3) is 0.688. The molecule has 0 saturated carbocycles. The molecule has 0 aromatic carbocycles. The molecule has 0 spiro atoms. The van der Waals surface area contributed by atoms with Crippen molar-refractivity contribution in [3.63, 3.8) is 0 Å². The third-order valence-electron chi connectivity index (χ3n) is 4.00. The second-order valence-corrected chi connectivity index (χ2v) is 6.29. The highest BCUT2D eigenvalue weighted by molar-refractivity contribution is 14.0. The lowest BCUT2D eigenvalue weighted by atomic mass is 10.1. The first-order valence-corrected chi connectivity index (χ1v) is 8.63. The van der Waals surface area contributed by atoms with E-state index in [2.05, 4.69) is 15.4 Å². The van der Waals surface area contributed by atoms with Crippen LogP contribution in [0.3, 0.4) is 0 Å². The molecule has 8 nitrogen and oxygen atoms in total. The van der Waals surface area contributed by atoms with Crippen LogP contribution in [-0.2, 0) is 16.6 Å². The van der Waals surface area contributed by atoms with Crippen LogP contribution in [0.2, 0.25) is 0 Å². The number of alkyl halides is 3. The second-order valence-electron chi connectivity index (χ2n) is 6.29. The van der Waals surface area contributed by atoms with Crippen molar-refractivity contribution in [2.75, 3.05) is 46.4 Å². The van der Waals surface area contributed by atoms with Gasteiger partial charge in [-0.05, 0) is 6.92 Å². The van der Waals surface area contributed by atoms with E-state index >= 15 is 0 Å². The first-order valence-electron chi connectivity index (χ1n) is 8.63. The van der Waals surface area contributed by atoms with Gasteiger partial charge in [0.25, 0.3) is 0 Å². The predicted molar refractivity (Wildman–Crippen MR) is 109 cm³/mol. The van der Waals surface area contributed by atoms with Gasteiger partial charge in [0.15, 0.2) is 5.96 Å². The summed E-state index contributed by atoms with van der Waals surface area (Å²) in [7, 11) is 2.93. The zero-order valence-corrected chi connectivity index (χ0v) is 18.4. The van der Waals surface area contributed by atoms with Crippen molar-refractivity contribution in [3.8, 4) is 0 Å². The molecule has 1 aliphatic heterocycles. The maximum absolute atomic E-state index is 12.4. The number of nitrogens with zero attached hydrogens (tertiary/aromatic N) is 5. The van der Waals surface area contributed by atoms with Gasteiger partial charge in [0.2, 0.25) is 5.91 Å². The summed E-state index contributed by atoms with van der Waals surface area (Å²) >= 11 is 0. The molecule has 12 heteroatoms. The number of nitrogens with one attached hydrogen (secondary N) is 1. The third kappa shape index (κ3) is 7.45. The van der Waals surface area contributed by atoms with Crippen LogP contribution < -0.4 is 5.32 Å². The van der Waals surface area contributed by atoms with Gasteiger partial charge in [0, 0.05) is 38.9 Å². The SMILES string of the molecule is CCNC(=NCC(=O)N(C)CC(F)(F)F)N1CCOC(c2cnn(C)c2)C1.I. The maximum Gasteiger partial charge on any atom is 0.406 e. The number of carbonyl (C=O) groups excluding carboxylic acids is 1. The molecule has 1 aliphatic rings. The van der Waals surface area contributed by atoms with E-state index < -0.39 is 18.6 Å². The topological polar surface area (TPSA) is 75.0 Å². The fourth-order valence-corrected chi connectivity index (χ4v) is 2.70. The molecule has 1 saturated heterocycles. The van der Waals surface area contributed by atoms with E-state index in [0.717, 1.165) is 12.6 Å². The number of amides is 1. The molecule has 1 amide bonds. The number of aliphatic imine (C=N–C) groups is 1. The van der Waals surface area contributed by atoms with Gasteiger partial charge in [-0.2, -0.15) is 18.3 Å². The van der Waals surface area contributed by atoms with Gasteiger partial charge in [-0.25, -0.2) is 4.99 Å². The summed E-state index contributed by atoms with van der Waals surface area (Å²) in [6, 6.07) is 0. The van der Waals surface area contributed by atoms with Gasteiger partial charge >= 0.3 is 6.18 Å². The molecule has 0 bridgehead atoms. The fourth-order valence-electron chi connectivity index (χ4n) is 2.70. The lowest BCUT2D eigenvalue weighted by molar-refractivity contribution is -0.157. The quantitative estimate of drug-likeness (QED) is 0.363. The third-order valence-corrected chi connectivity index (χ3v) is 4.00. The molecular formula is C16H26F3IN6O2. The average Bonchev–Trinajstić information content (AvgIpc) is 3.03. The summed E-state index contributed by atoms with van der Waals surface area (Å²) in [5.74, 6) is -0.219. The minimum atomic E-state index is -4.43. The molecule has 1 aromatic heterocycles. The summed E-state index contributed by atoms with van der Waals surface area (Å²) in [5, 5.41) is 7.22. The molecule has 1 aromatic rings. The lowest BCUT2D eigenvalue weighted by Crippen LogP contribution is -2.48. The number of rotatable bonds is 5. The van der Waals surface area contributed by atoms with Crippen LogP contribution in [0, 0.1) is 0 Å². The zero-order chi connectivity index (χ0) is 20.0. The number of guanidine groups is 1. The molecule has 0 radical (unpaired) electrons. The van der Waals surface area contributed by atoms with Crippen LogP contribution in [0.15, 0.2) is 17.4 Å². The Morgan fingerprint density at radius 2 is 2.21 bits per heavy atom. The Hall–Kier alpha value is -1.57. The number of hydrogen-bond acceptors (Lipinski definition) is 4. The van der Waals surface area contributed by atoms with Gasteiger partial charge in [-0.3, -0.25) is 9.48 Å². The van der Waals surface area contributed by atoms with Gasteiger partial charge in [0.1, 0.15) is 19.2 Å². The van der Waals surface area contributed by atoms with Crippen molar-refractivity contribution in [1.29, 1.82) is 0 Å². The van der Waals surface area contributed by atoms with E-state index in [0.29, 0.717) is 37.1 Å². The van der Waals surface area contributed by atoms with E-state index in [9.17, 15) is 18.0 Å². The van der Waals surface area contributed by atoms with Crippen molar-refractivity contribution in [2.45, 2.75) is 19.2 Å². The molecule has 2 heterocycles. The minimum absolute atomic E-state index is 0. The van der Waals surface area contributed by atoms with Crippen LogP contribution in [-0.4, -0.2) is 84.0 Å². The number of ether oxygens (including phenoxy) is 1. The smallest absolute Gasteiger partial charge is 0.370 e. The first kappa shape index (κ1) is 24.5. The van der Waals surface area contributed by atoms with Crippen molar-refractivity contribution >= 4 is 35.8 Å². The molecule has 1 N–H and O–H groups in total. The molecule has 28 heavy (non-hydrogen) atoms. The Labute approximate surface area is 179 Å². The van der Waals surface area contributed by atoms with Crippen molar-refractivity contribution < 1.29 is 22.7 Å². The number of halogens is 4. The standard InChI is InChI=1S/C16H25F3N6O2.HI/c1-4-20-15(21-8-14(26)23(2)11-16(17,18)19)25-5-6-27-13(10-25)12-7-22-24(3)9-12;/h7,9,13H,4-6,8,10-11H2,1-3H3,(H,20,21);1H. The number of aryl methyl sites for hydroxylation is 1. The summed E-state index contributed by atoms with van der Waals surface area (Å²) in [5.41, 5.74) is 0.930. The summed E-state index contributed by atoms with van der Waals surface area (Å²) in [6.45, 7) is 2.33. The maximum atomic E-state index is 12.4. The monoisotopic (exact) mass is 518 g/mol. The van der Waals surface area contributed by atoms with Crippen molar-refractivity contribution in [1.82, 2.24) is 24.9 Å². The highest BCUT2D eigenvalue weighted by Gasteiger charge is 2.31. The van der Waals surface area contributed by atoms with E-state index in [4.69, 9.17) is 4.74 Å². The predicted octanol–water partition coefficient (Wildman–Crippen LogP) is 1.40. The van der Waals surface area contributed by atoms with Gasteiger partial charge < -0.3 is 19.9 Å². The Kier molecular flexibility index (Phi) is 9.47. The summed E-state index contributed by atoms with van der Waals surface area (Å²) in [4.78, 5) is 18.7. The molecule has 160 valence electrons. The van der Waals surface area contributed by atoms with Crippen LogP contribution >= 0.6 is 24.0 Å². The van der Waals surface area contributed by atoms with Gasteiger partial charge in [-0.1, -0.05) is 0 Å². The molecular weight excluding hydrogens is 492 g/mol. The molecule has 1 unspecified atom stereocenters. The van der Waals surface area contributed by atoms with Crippen LogP contribution in [0.5, 0.6) is 0 Å². The van der Waals surface area contributed by atoms with E-state index in [1.807, 2.05) is 25.1 Å². The van der Waals surface area contributed by atoms with E-state index in [1.54, 1.807) is 10.9 Å². The summed E-state index contributed by atoms with van der Waals surface area (Å²) < 4.78 is 44.7. The Bertz CT molecular complexity index is 667. The average molecular weight is 518 g/mol. The number of likely N-dealkylation sites (N-methyl/N-ethyl adjacent to an activating group) is 1. The normalized spacial score (nSPS) is 17.9. The lowest BCUT2D eigenvalue weighted by Gasteiger charge is -2.34. The molecule has 0 aliphatic carbocycles. The van der Waals surface area contributed by atoms with Gasteiger partial charge in [-0.15, -0.1) is 24.0 Å². The number of morpholine rings is 1. The van der Waals surface area contributed by atoms with E-state index in [-0.39, 0.29) is 36.6 Å².